The maximum atomic E-state index is 11.3. The van der Waals surface area contributed by atoms with Gasteiger partial charge in [0.1, 0.15) is 0 Å². The number of carboxylic acids is 2. The average Bonchev–Trinajstić information content (AvgIpc) is 2.45. The summed E-state index contributed by atoms with van der Waals surface area (Å²) in [6.07, 6.45) is 0. The van der Waals surface area contributed by atoms with Crippen molar-refractivity contribution < 1.29 is 19.8 Å². The van der Waals surface area contributed by atoms with Gasteiger partial charge in [0.2, 0.25) is 6.04 Å². The highest BCUT2D eigenvalue weighted by atomic mass is 16.4. The third kappa shape index (κ3) is 2.77. The maximum Gasteiger partial charge on any atom is 0.338 e. The van der Waals surface area contributed by atoms with Gasteiger partial charge in [-0.05, 0) is 24.3 Å². The minimum atomic E-state index is -1.68. The topological polar surface area (TPSA) is 77.8 Å². The van der Waals surface area contributed by atoms with Crippen molar-refractivity contribution in [2.24, 2.45) is 0 Å². The van der Waals surface area contributed by atoms with Crippen LogP contribution >= 0.6 is 0 Å². The molecule has 2 aromatic rings. The van der Waals surface area contributed by atoms with Gasteiger partial charge in [0.05, 0.1) is 0 Å². The van der Waals surface area contributed by atoms with Crippen molar-refractivity contribution in [1.82, 2.24) is 0 Å². The second-order valence-corrected chi connectivity index (χ2v) is 4.12. The summed E-state index contributed by atoms with van der Waals surface area (Å²) >= 11 is 0. The van der Waals surface area contributed by atoms with Gasteiger partial charge in [0, 0.05) is 11.4 Å². The SMILES string of the molecule is O=C(O)C(C(=O)O)N(c1ccccc1)c1ccccc1. The predicted molar refractivity (Wildman–Crippen MR) is 74.1 cm³/mol. The number of benzene rings is 2. The molecule has 0 heterocycles. The zero-order valence-corrected chi connectivity index (χ0v) is 10.5. The van der Waals surface area contributed by atoms with Crippen LogP contribution in [0.4, 0.5) is 11.4 Å². The first kappa shape index (κ1) is 13.6. The Morgan fingerprint density at radius 2 is 1.10 bits per heavy atom. The van der Waals surface area contributed by atoms with Crippen LogP contribution in [0.2, 0.25) is 0 Å². The van der Waals surface area contributed by atoms with Gasteiger partial charge in [-0.25, -0.2) is 9.59 Å². The van der Waals surface area contributed by atoms with Crippen LogP contribution in [0.3, 0.4) is 0 Å². The number of para-hydroxylation sites is 2. The number of carboxylic acid groups (broad SMARTS) is 2. The fourth-order valence-electron chi connectivity index (χ4n) is 1.95. The number of aliphatic carboxylic acids is 2. The summed E-state index contributed by atoms with van der Waals surface area (Å²) in [6.45, 7) is 0. The van der Waals surface area contributed by atoms with Crippen LogP contribution in [0.1, 0.15) is 0 Å². The molecule has 20 heavy (non-hydrogen) atoms. The standard InChI is InChI=1S/C15H13NO4/c17-14(18)13(15(19)20)16(11-7-3-1-4-8-11)12-9-5-2-6-10-12/h1-10,13H,(H,17,18)(H,19,20). The quantitative estimate of drug-likeness (QED) is 0.816. The highest BCUT2D eigenvalue weighted by Crippen LogP contribution is 2.27. The Balaban J connectivity index is 2.55. The van der Waals surface area contributed by atoms with Crippen LogP contribution in [0.5, 0.6) is 0 Å². The molecule has 0 amide bonds. The summed E-state index contributed by atoms with van der Waals surface area (Å²) in [5.41, 5.74) is 1.02. The van der Waals surface area contributed by atoms with E-state index >= 15 is 0 Å². The molecule has 102 valence electrons. The molecule has 2 rings (SSSR count). The summed E-state index contributed by atoms with van der Waals surface area (Å²) in [7, 11) is 0. The molecule has 5 heteroatoms. The summed E-state index contributed by atoms with van der Waals surface area (Å²) in [5.74, 6) is -2.82. The fraction of sp³-hybridized carbons (Fsp3) is 0.0667. The summed E-state index contributed by atoms with van der Waals surface area (Å²) in [5, 5.41) is 18.4. The third-order valence-corrected chi connectivity index (χ3v) is 2.79. The highest BCUT2D eigenvalue weighted by Gasteiger charge is 2.34. The monoisotopic (exact) mass is 271 g/mol. The van der Waals surface area contributed by atoms with Crippen molar-refractivity contribution in [2.75, 3.05) is 4.90 Å². The zero-order valence-electron chi connectivity index (χ0n) is 10.5. The van der Waals surface area contributed by atoms with E-state index in [2.05, 4.69) is 0 Å². The van der Waals surface area contributed by atoms with Crippen molar-refractivity contribution in [2.45, 2.75) is 6.04 Å². The minimum Gasteiger partial charge on any atom is -0.479 e. The van der Waals surface area contributed by atoms with Gasteiger partial charge in [-0.3, -0.25) is 0 Å². The van der Waals surface area contributed by atoms with E-state index in [-0.39, 0.29) is 0 Å². The van der Waals surface area contributed by atoms with Gasteiger partial charge in [-0.2, -0.15) is 0 Å². The van der Waals surface area contributed by atoms with Crippen LogP contribution in [-0.2, 0) is 9.59 Å². The van der Waals surface area contributed by atoms with Gasteiger partial charge in [0.25, 0.3) is 0 Å². The third-order valence-electron chi connectivity index (χ3n) is 2.79. The second-order valence-electron chi connectivity index (χ2n) is 4.12. The Labute approximate surface area is 115 Å². The molecule has 2 aromatic carbocycles. The van der Waals surface area contributed by atoms with Gasteiger partial charge < -0.3 is 15.1 Å². The number of carbonyl (C=O) groups is 2. The number of rotatable bonds is 5. The van der Waals surface area contributed by atoms with Gasteiger partial charge in [-0.1, -0.05) is 36.4 Å². The molecule has 0 bridgehead atoms. The normalized spacial score (nSPS) is 10.2. The van der Waals surface area contributed by atoms with E-state index < -0.39 is 18.0 Å². The number of hydrogen-bond acceptors (Lipinski definition) is 3. The van der Waals surface area contributed by atoms with Gasteiger partial charge >= 0.3 is 11.9 Å². The Morgan fingerprint density at radius 1 is 0.750 bits per heavy atom. The highest BCUT2D eigenvalue weighted by molar-refractivity contribution is 6.02. The molecular weight excluding hydrogens is 258 g/mol. The van der Waals surface area contributed by atoms with E-state index in [4.69, 9.17) is 0 Å². The molecule has 0 unspecified atom stereocenters. The van der Waals surface area contributed by atoms with Crippen molar-refractivity contribution in [1.29, 1.82) is 0 Å². The molecule has 5 nitrogen and oxygen atoms in total. The molecule has 0 saturated carbocycles. The first-order valence-corrected chi connectivity index (χ1v) is 5.96. The average molecular weight is 271 g/mol. The largest absolute Gasteiger partial charge is 0.479 e. The summed E-state index contributed by atoms with van der Waals surface area (Å²) in [6, 6.07) is 15.5. The van der Waals surface area contributed by atoms with Crippen LogP contribution in [0, 0.1) is 0 Å². The van der Waals surface area contributed by atoms with E-state index in [0.29, 0.717) is 11.4 Å². The molecule has 0 aliphatic rings. The second kappa shape index (κ2) is 5.88. The predicted octanol–water partition coefficient (Wildman–Crippen LogP) is 2.36. The zero-order chi connectivity index (χ0) is 14.5. The number of nitrogens with zero attached hydrogens (tertiary/aromatic N) is 1. The molecule has 0 aliphatic carbocycles. The van der Waals surface area contributed by atoms with E-state index in [0.717, 1.165) is 0 Å². The van der Waals surface area contributed by atoms with E-state index in [9.17, 15) is 19.8 Å². The van der Waals surface area contributed by atoms with E-state index in [1.807, 2.05) is 0 Å². The minimum absolute atomic E-state index is 0.508. The molecule has 0 saturated heterocycles. The lowest BCUT2D eigenvalue weighted by atomic mass is 10.1. The Kier molecular flexibility index (Phi) is 4.00. The Morgan fingerprint density at radius 3 is 1.40 bits per heavy atom. The van der Waals surface area contributed by atoms with Gasteiger partial charge in [0.15, 0.2) is 0 Å². The van der Waals surface area contributed by atoms with Crippen molar-refractivity contribution in [3.05, 3.63) is 60.7 Å². The Bertz CT molecular complexity index is 544. The smallest absolute Gasteiger partial charge is 0.338 e. The van der Waals surface area contributed by atoms with Crippen LogP contribution in [0.15, 0.2) is 60.7 Å². The first-order valence-electron chi connectivity index (χ1n) is 5.96. The molecule has 2 N–H and O–H groups in total. The van der Waals surface area contributed by atoms with Crippen molar-refractivity contribution in [3.63, 3.8) is 0 Å². The lowest BCUT2D eigenvalue weighted by molar-refractivity contribution is -0.149. The first-order chi connectivity index (χ1) is 9.61. The van der Waals surface area contributed by atoms with Crippen LogP contribution in [-0.4, -0.2) is 28.2 Å². The summed E-state index contributed by atoms with van der Waals surface area (Å²) in [4.78, 5) is 23.9. The van der Waals surface area contributed by atoms with Crippen molar-refractivity contribution in [3.8, 4) is 0 Å². The molecular formula is C15H13NO4. The molecule has 0 aromatic heterocycles. The fourth-order valence-corrected chi connectivity index (χ4v) is 1.95. The van der Waals surface area contributed by atoms with Gasteiger partial charge in [-0.15, -0.1) is 0 Å². The Hall–Kier alpha value is -2.82. The molecule has 0 fully saturated rings. The van der Waals surface area contributed by atoms with E-state index in [1.165, 1.54) is 4.90 Å². The lowest BCUT2D eigenvalue weighted by Crippen LogP contribution is -2.44. The van der Waals surface area contributed by atoms with Crippen LogP contribution in [0.25, 0.3) is 0 Å². The van der Waals surface area contributed by atoms with E-state index in [1.54, 1.807) is 60.7 Å². The number of hydrogen-bond donors (Lipinski definition) is 2. The molecule has 0 aliphatic heterocycles. The molecule has 0 spiro atoms. The number of anilines is 2. The van der Waals surface area contributed by atoms with Crippen LogP contribution < -0.4 is 4.90 Å². The molecule has 0 atom stereocenters. The maximum absolute atomic E-state index is 11.3. The molecule has 0 radical (unpaired) electrons. The lowest BCUT2D eigenvalue weighted by Gasteiger charge is -2.28. The summed E-state index contributed by atoms with van der Waals surface area (Å²) < 4.78 is 0. The van der Waals surface area contributed by atoms with Crippen molar-refractivity contribution >= 4 is 23.3 Å².